The zero-order valence-corrected chi connectivity index (χ0v) is 14.8. The Morgan fingerprint density at radius 3 is 2.65 bits per heavy atom. The van der Waals surface area contributed by atoms with Gasteiger partial charge in [0, 0.05) is 30.5 Å². The van der Waals surface area contributed by atoms with Gasteiger partial charge < -0.3 is 4.90 Å². The average Bonchev–Trinajstić information content (AvgIpc) is 3.03. The lowest BCUT2D eigenvalue weighted by molar-refractivity contribution is -0.131. The maximum absolute atomic E-state index is 12.1. The van der Waals surface area contributed by atoms with Crippen LogP contribution in [0.1, 0.15) is 49.3 Å². The molecule has 1 amide bonds. The van der Waals surface area contributed by atoms with Crippen molar-refractivity contribution in [1.82, 2.24) is 9.88 Å². The molecular weight excluding hydrogens is 308 g/mol. The van der Waals surface area contributed by atoms with Crippen molar-refractivity contribution in [2.75, 3.05) is 0 Å². The van der Waals surface area contributed by atoms with Crippen LogP contribution in [0, 0.1) is 13.8 Å². The highest BCUT2D eigenvalue weighted by molar-refractivity contribution is 6.30. The number of carbonyl (C=O) groups is 1. The van der Waals surface area contributed by atoms with E-state index in [0.29, 0.717) is 17.7 Å². The molecule has 1 aliphatic carbocycles. The number of rotatable bonds is 3. The van der Waals surface area contributed by atoms with Gasteiger partial charge in [0.1, 0.15) is 5.15 Å². The Bertz CT molecular complexity index is 751. The number of hydrogen-bond donors (Lipinski definition) is 0. The van der Waals surface area contributed by atoms with Crippen molar-refractivity contribution in [3.05, 3.63) is 40.0 Å². The van der Waals surface area contributed by atoms with E-state index < -0.39 is 0 Å². The number of hydrogen-bond acceptors (Lipinski definition) is 2. The van der Waals surface area contributed by atoms with Crippen LogP contribution in [0.3, 0.4) is 0 Å². The van der Waals surface area contributed by atoms with Crippen LogP contribution in [-0.2, 0) is 11.3 Å². The summed E-state index contributed by atoms with van der Waals surface area (Å²) in [6.45, 7) is 6.35. The molecule has 122 valence electrons. The number of halogens is 1. The highest BCUT2D eigenvalue weighted by atomic mass is 35.5. The van der Waals surface area contributed by atoms with Crippen molar-refractivity contribution >= 4 is 28.4 Å². The van der Waals surface area contributed by atoms with E-state index in [-0.39, 0.29) is 5.91 Å². The monoisotopic (exact) mass is 330 g/mol. The third-order valence-electron chi connectivity index (χ3n) is 5.05. The molecule has 1 heterocycles. The lowest BCUT2D eigenvalue weighted by Gasteiger charge is -2.28. The number of benzene rings is 1. The SMILES string of the molecule is CC(=O)N(Cc1cc2ccc(C)c(C)c2nc1Cl)C1CCCC1. The van der Waals surface area contributed by atoms with Gasteiger partial charge in [0.2, 0.25) is 5.91 Å². The Morgan fingerprint density at radius 1 is 1.30 bits per heavy atom. The Labute approximate surface area is 142 Å². The Kier molecular flexibility index (Phi) is 4.58. The summed E-state index contributed by atoms with van der Waals surface area (Å²) < 4.78 is 0. The number of nitrogens with zero attached hydrogens (tertiary/aromatic N) is 2. The first-order valence-electron chi connectivity index (χ1n) is 8.30. The summed E-state index contributed by atoms with van der Waals surface area (Å²) in [7, 11) is 0. The maximum atomic E-state index is 12.1. The van der Waals surface area contributed by atoms with Gasteiger partial charge in [-0.1, -0.05) is 36.6 Å². The molecule has 4 heteroatoms. The molecule has 3 nitrogen and oxygen atoms in total. The maximum Gasteiger partial charge on any atom is 0.219 e. The molecule has 23 heavy (non-hydrogen) atoms. The smallest absolute Gasteiger partial charge is 0.219 e. The van der Waals surface area contributed by atoms with Gasteiger partial charge in [-0.25, -0.2) is 4.98 Å². The van der Waals surface area contributed by atoms with Gasteiger partial charge in [-0.2, -0.15) is 0 Å². The molecule has 0 spiro atoms. The highest BCUT2D eigenvalue weighted by Gasteiger charge is 2.25. The van der Waals surface area contributed by atoms with Crippen LogP contribution < -0.4 is 0 Å². The number of amides is 1. The minimum atomic E-state index is 0.119. The molecule has 2 aromatic rings. The second kappa shape index (κ2) is 6.48. The Morgan fingerprint density at radius 2 is 2.00 bits per heavy atom. The van der Waals surface area contributed by atoms with Crippen LogP contribution in [0.2, 0.25) is 5.15 Å². The fraction of sp³-hybridized carbons (Fsp3) is 0.474. The first-order valence-corrected chi connectivity index (χ1v) is 8.67. The van der Waals surface area contributed by atoms with E-state index in [9.17, 15) is 4.79 Å². The molecule has 0 unspecified atom stereocenters. The fourth-order valence-electron chi connectivity index (χ4n) is 3.51. The largest absolute Gasteiger partial charge is 0.336 e. The van der Waals surface area contributed by atoms with Crippen molar-refractivity contribution in [1.29, 1.82) is 0 Å². The Hall–Kier alpha value is -1.61. The van der Waals surface area contributed by atoms with Crippen molar-refractivity contribution in [2.24, 2.45) is 0 Å². The third kappa shape index (κ3) is 3.20. The molecule has 1 saturated carbocycles. The van der Waals surface area contributed by atoms with Crippen LogP contribution in [0.4, 0.5) is 0 Å². The van der Waals surface area contributed by atoms with Crippen LogP contribution in [0.25, 0.3) is 10.9 Å². The molecule has 3 rings (SSSR count). The molecular formula is C19H23ClN2O. The standard InChI is InChI=1S/C19H23ClN2O/c1-12-8-9-15-10-16(19(20)21-18(15)13(12)2)11-22(14(3)23)17-6-4-5-7-17/h8-10,17H,4-7,11H2,1-3H3. The molecule has 1 aromatic carbocycles. The van der Waals surface area contributed by atoms with Crippen molar-refractivity contribution in [3.63, 3.8) is 0 Å². The number of carbonyl (C=O) groups excluding carboxylic acids is 1. The minimum absolute atomic E-state index is 0.119. The van der Waals surface area contributed by atoms with Gasteiger partial charge in [0.05, 0.1) is 5.52 Å². The van der Waals surface area contributed by atoms with E-state index in [1.165, 1.54) is 18.4 Å². The van der Waals surface area contributed by atoms with E-state index in [4.69, 9.17) is 11.6 Å². The van der Waals surface area contributed by atoms with Gasteiger partial charge in [0.15, 0.2) is 0 Å². The molecule has 0 aliphatic heterocycles. The second-order valence-corrected chi connectivity index (χ2v) is 6.96. The number of pyridine rings is 1. The number of aromatic nitrogens is 1. The number of fused-ring (bicyclic) bond motifs is 1. The minimum Gasteiger partial charge on any atom is -0.336 e. The van der Waals surface area contributed by atoms with E-state index in [0.717, 1.165) is 34.9 Å². The topological polar surface area (TPSA) is 33.2 Å². The van der Waals surface area contributed by atoms with Gasteiger partial charge in [0.25, 0.3) is 0 Å². The molecule has 0 saturated heterocycles. The van der Waals surface area contributed by atoms with Gasteiger partial charge in [-0.05, 0) is 43.9 Å². The lowest BCUT2D eigenvalue weighted by atomic mass is 10.0. The van der Waals surface area contributed by atoms with Crippen molar-refractivity contribution in [3.8, 4) is 0 Å². The van der Waals surface area contributed by atoms with Crippen molar-refractivity contribution in [2.45, 2.75) is 59.0 Å². The summed E-state index contributed by atoms with van der Waals surface area (Å²) in [6, 6.07) is 6.62. The normalized spacial score (nSPS) is 15.3. The predicted molar refractivity (Wildman–Crippen MR) is 94.7 cm³/mol. The molecule has 0 N–H and O–H groups in total. The molecule has 0 atom stereocenters. The molecule has 1 aromatic heterocycles. The average molecular weight is 331 g/mol. The van der Waals surface area contributed by atoms with E-state index >= 15 is 0 Å². The Balaban J connectivity index is 1.97. The van der Waals surface area contributed by atoms with Crippen LogP contribution in [0.15, 0.2) is 18.2 Å². The van der Waals surface area contributed by atoms with E-state index in [1.807, 2.05) is 4.90 Å². The highest BCUT2D eigenvalue weighted by Crippen LogP contribution is 2.29. The van der Waals surface area contributed by atoms with E-state index in [2.05, 4.69) is 37.0 Å². The van der Waals surface area contributed by atoms with Gasteiger partial charge in [-0.15, -0.1) is 0 Å². The van der Waals surface area contributed by atoms with Gasteiger partial charge in [-0.3, -0.25) is 4.79 Å². The zero-order chi connectivity index (χ0) is 16.6. The first-order chi connectivity index (χ1) is 11.0. The summed E-state index contributed by atoms with van der Waals surface area (Å²) >= 11 is 6.43. The molecule has 1 aliphatic rings. The second-order valence-electron chi connectivity index (χ2n) is 6.60. The fourth-order valence-corrected chi connectivity index (χ4v) is 3.71. The molecule has 1 fully saturated rings. The lowest BCUT2D eigenvalue weighted by Crippen LogP contribution is -2.36. The van der Waals surface area contributed by atoms with E-state index in [1.54, 1.807) is 6.92 Å². The van der Waals surface area contributed by atoms with Gasteiger partial charge >= 0.3 is 0 Å². The van der Waals surface area contributed by atoms with Crippen LogP contribution >= 0.6 is 11.6 Å². The van der Waals surface area contributed by atoms with Crippen LogP contribution in [0.5, 0.6) is 0 Å². The van der Waals surface area contributed by atoms with Crippen molar-refractivity contribution < 1.29 is 4.79 Å². The summed E-state index contributed by atoms with van der Waals surface area (Å²) in [4.78, 5) is 18.6. The predicted octanol–water partition coefficient (Wildman–Crippen LogP) is 4.80. The van der Waals surface area contributed by atoms with Crippen LogP contribution in [-0.4, -0.2) is 21.8 Å². The molecule has 0 bridgehead atoms. The summed E-state index contributed by atoms with van der Waals surface area (Å²) in [6.07, 6.45) is 4.60. The third-order valence-corrected chi connectivity index (χ3v) is 5.38. The summed E-state index contributed by atoms with van der Waals surface area (Å²) in [5.41, 5.74) is 4.26. The summed E-state index contributed by atoms with van der Waals surface area (Å²) in [5, 5.41) is 1.60. The number of aryl methyl sites for hydroxylation is 2. The first kappa shape index (κ1) is 16.3. The summed E-state index contributed by atoms with van der Waals surface area (Å²) in [5.74, 6) is 0.119. The quantitative estimate of drug-likeness (QED) is 0.758. The molecule has 0 radical (unpaired) electrons. The zero-order valence-electron chi connectivity index (χ0n) is 14.0.